The first-order chi connectivity index (χ1) is 8.54. The fraction of sp³-hybridized carbons (Fsp3) is 0.786. The normalized spacial score (nSPS) is 17.8. The molecule has 0 aliphatic carbocycles. The molecule has 1 aromatic heterocycles. The lowest BCUT2D eigenvalue weighted by Gasteiger charge is -2.35. The third-order valence-corrected chi connectivity index (χ3v) is 4.25. The molecule has 0 atom stereocenters. The molecule has 0 unspecified atom stereocenters. The van der Waals surface area contributed by atoms with Crippen LogP contribution in [0.5, 0.6) is 0 Å². The number of hydrogen-bond acceptors (Lipinski definition) is 3. The van der Waals surface area contributed by atoms with E-state index in [0.717, 1.165) is 42.0 Å². The van der Waals surface area contributed by atoms with Gasteiger partial charge in [-0.15, -0.1) is 0 Å². The van der Waals surface area contributed by atoms with Crippen molar-refractivity contribution < 1.29 is 5.11 Å². The van der Waals surface area contributed by atoms with Crippen molar-refractivity contribution in [3.63, 3.8) is 0 Å². The van der Waals surface area contributed by atoms with Crippen LogP contribution in [0.1, 0.15) is 37.9 Å². The van der Waals surface area contributed by atoms with E-state index >= 15 is 0 Å². The van der Waals surface area contributed by atoms with Crippen LogP contribution in [0.2, 0.25) is 0 Å². The average Bonchev–Trinajstić information content (AvgIpc) is 2.63. The molecule has 2 heterocycles. The molecule has 0 spiro atoms. The molecule has 2 rings (SSSR count). The molecule has 1 aliphatic heterocycles. The molecule has 0 aromatic carbocycles. The number of rotatable bonds is 3. The maximum atomic E-state index is 9.50. The molecule has 0 radical (unpaired) electrons. The van der Waals surface area contributed by atoms with Crippen molar-refractivity contribution in [3.05, 3.63) is 11.3 Å². The Morgan fingerprint density at radius 3 is 2.44 bits per heavy atom. The number of aliphatic hydroxyl groups is 1. The highest BCUT2D eigenvalue weighted by Gasteiger charge is 2.25. The van der Waals surface area contributed by atoms with E-state index in [1.807, 2.05) is 18.7 Å². The largest absolute Gasteiger partial charge is 0.391 e. The first-order valence-electron chi connectivity index (χ1n) is 6.92. The van der Waals surface area contributed by atoms with Crippen molar-refractivity contribution in [1.82, 2.24) is 9.78 Å². The Morgan fingerprint density at radius 1 is 1.33 bits per heavy atom. The highest BCUT2D eigenvalue weighted by molar-refractivity contribution is 5.50. The second-order valence-electron chi connectivity index (χ2n) is 5.74. The molecule has 0 amide bonds. The smallest absolute Gasteiger partial charge is 0.132 e. The Balaban J connectivity index is 2.14. The second-order valence-corrected chi connectivity index (χ2v) is 5.74. The van der Waals surface area contributed by atoms with Crippen molar-refractivity contribution in [1.29, 1.82) is 0 Å². The van der Waals surface area contributed by atoms with Crippen LogP contribution >= 0.6 is 0 Å². The summed E-state index contributed by atoms with van der Waals surface area (Å²) in [6.45, 7) is 8.83. The summed E-state index contributed by atoms with van der Waals surface area (Å²) in [7, 11) is 1.97. The van der Waals surface area contributed by atoms with Crippen LogP contribution < -0.4 is 4.90 Å². The molecular weight excluding hydrogens is 226 g/mol. The summed E-state index contributed by atoms with van der Waals surface area (Å²) in [6, 6.07) is 0. The maximum Gasteiger partial charge on any atom is 0.132 e. The Hall–Kier alpha value is -1.03. The number of anilines is 1. The second kappa shape index (κ2) is 5.31. The zero-order valence-corrected chi connectivity index (χ0v) is 12.0. The van der Waals surface area contributed by atoms with Gasteiger partial charge in [0.2, 0.25) is 0 Å². The molecule has 0 saturated carbocycles. The summed E-state index contributed by atoms with van der Waals surface area (Å²) in [5.41, 5.74) is 1.93. The van der Waals surface area contributed by atoms with Gasteiger partial charge in [-0.05, 0) is 31.6 Å². The average molecular weight is 251 g/mol. The minimum absolute atomic E-state index is 0.0825. The van der Waals surface area contributed by atoms with E-state index in [1.54, 1.807) is 0 Å². The third kappa shape index (κ3) is 2.39. The molecule has 4 heteroatoms. The van der Waals surface area contributed by atoms with E-state index in [2.05, 4.69) is 23.8 Å². The molecule has 1 aliphatic rings. The van der Waals surface area contributed by atoms with E-state index < -0.39 is 0 Å². The van der Waals surface area contributed by atoms with Crippen molar-refractivity contribution in [2.24, 2.45) is 18.9 Å². The quantitative estimate of drug-likeness (QED) is 0.894. The summed E-state index contributed by atoms with van der Waals surface area (Å²) >= 11 is 0. The van der Waals surface area contributed by atoms with Gasteiger partial charge in [-0.1, -0.05) is 13.8 Å². The lowest BCUT2D eigenvalue weighted by atomic mass is 9.86. The minimum atomic E-state index is 0.0825. The highest BCUT2D eigenvalue weighted by atomic mass is 16.3. The predicted octanol–water partition coefficient (Wildman–Crippen LogP) is 2.09. The number of piperidine rings is 1. The van der Waals surface area contributed by atoms with Gasteiger partial charge in [-0.25, -0.2) is 0 Å². The van der Waals surface area contributed by atoms with Crippen LogP contribution in [0, 0.1) is 18.8 Å². The molecular formula is C14H25N3O. The highest BCUT2D eigenvalue weighted by Crippen LogP contribution is 2.30. The zero-order valence-electron chi connectivity index (χ0n) is 12.0. The first-order valence-corrected chi connectivity index (χ1v) is 6.92. The maximum absolute atomic E-state index is 9.50. The third-order valence-electron chi connectivity index (χ3n) is 4.25. The standard InChI is InChI=1S/C14H25N3O/c1-10(2)12-5-7-17(8-6-12)14-13(9-18)11(3)15-16(14)4/h10,12,18H,5-9H2,1-4H3. The predicted molar refractivity (Wildman–Crippen MR) is 73.6 cm³/mol. The number of aromatic nitrogens is 2. The van der Waals surface area contributed by atoms with Gasteiger partial charge in [-0.3, -0.25) is 4.68 Å². The van der Waals surface area contributed by atoms with Gasteiger partial charge < -0.3 is 10.0 Å². The molecule has 1 aromatic rings. The minimum Gasteiger partial charge on any atom is -0.391 e. The monoisotopic (exact) mass is 251 g/mol. The fourth-order valence-corrected chi connectivity index (χ4v) is 3.05. The summed E-state index contributed by atoms with van der Waals surface area (Å²) in [6.07, 6.45) is 2.49. The topological polar surface area (TPSA) is 41.3 Å². The molecule has 102 valence electrons. The van der Waals surface area contributed by atoms with Gasteiger partial charge in [0, 0.05) is 25.7 Å². The Morgan fingerprint density at radius 2 is 1.94 bits per heavy atom. The van der Waals surface area contributed by atoms with Crippen LogP contribution in [0.25, 0.3) is 0 Å². The van der Waals surface area contributed by atoms with Crippen molar-refractivity contribution in [2.75, 3.05) is 18.0 Å². The zero-order chi connectivity index (χ0) is 13.3. The fourth-order valence-electron chi connectivity index (χ4n) is 3.05. The Labute approximate surface area is 110 Å². The van der Waals surface area contributed by atoms with Crippen molar-refractivity contribution in [3.8, 4) is 0 Å². The van der Waals surface area contributed by atoms with Gasteiger partial charge in [0.05, 0.1) is 12.3 Å². The van der Waals surface area contributed by atoms with Crippen LogP contribution in [-0.2, 0) is 13.7 Å². The van der Waals surface area contributed by atoms with E-state index in [4.69, 9.17) is 0 Å². The lowest BCUT2D eigenvalue weighted by Crippen LogP contribution is -2.36. The number of nitrogens with zero attached hydrogens (tertiary/aromatic N) is 3. The van der Waals surface area contributed by atoms with E-state index in [9.17, 15) is 5.11 Å². The van der Waals surface area contributed by atoms with Gasteiger partial charge >= 0.3 is 0 Å². The van der Waals surface area contributed by atoms with Crippen LogP contribution in [-0.4, -0.2) is 28.0 Å². The number of aryl methyl sites for hydroxylation is 2. The first kappa shape index (κ1) is 13.4. The SMILES string of the molecule is Cc1nn(C)c(N2CCC(C(C)C)CC2)c1CO. The van der Waals surface area contributed by atoms with Gasteiger partial charge in [0.1, 0.15) is 5.82 Å². The van der Waals surface area contributed by atoms with Crippen molar-refractivity contribution in [2.45, 2.75) is 40.2 Å². The molecule has 1 N–H and O–H groups in total. The summed E-state index contributed by atoms with van der Waals surface area (Å²) in [5, 5.41) is 13.9. The van der Waals surface area contributed by atoms with Crippen LogP contribution in [0.15, 0.2) is 0 Å². The van der Waals surface area contributed by atoms with Gasteiger partial charge in [-0.2, -0.15) is 5.10 Å². The lowest BCUT2D eigenvalue weighted by molar-refractivity contribution is 0.279. The van der Waals surface area contributed by atoms with E-state index in [-0.39, 0.29) is 6.61 Å². The number of aliphatic hydroxyl groups excluding tert-OH is 1. The molecule has 18 heavy (non-hydrogen) atoms. The Bertz CT molecular complexity index is 403. The molecule has 0 bridgehead atoms. The molecule has 1 fully saturated rings. The van der Waals surface area contributed by atoms with Crippen LogP contribution in [0.4, 0.5) is 5.82 Å². The van der Waals surface area contributed by atoms with Gasteiger partial charge in [0.25, 0.3) is 0 Å². The summed E-state index contributed by atoms with van der Waals surface area (Å²) in [5.74, 6) is 2.73. The van der Waals surface area contributed by atoms with E-state index in [1.165, 1.54) is 12.8 Å². The van der Waals surface area contributed by atoms with Gasteiger partial charge in [0.15, 0.2) is 0 Å². The van der Waals surface area contributed by atoms with E-state index in [0.29, 0.717) is 0 Å². The van der Waals surface area contributed by atoms with Crippen LogP contribution in [0.3, 0.4) is 0 Å². The molecule has 1 saturated heterocycles. The number of hydrogen-bond donors (Lipinski definition) is 1. The van der Waals surface area contributed by atoms with Crippen molar-refractivity contribution >= 4 is 5.82 Å². The molecule has 4 nitrogen and oxygen atoms in total. The summed E-state index contributed by atoms with van der Waals surface area (Å²) < 4.78 is 1.91. The Kier molecular flexibility index (Phi) is 3.95. The summed E-state index contributed by atoms with van der Waals surface area (Å²) in [4.78, 5) is 2.38.